The Bertz CT molecular complexity index is 757. The van der Waals surface area contributed by atoms with Crippen molar-refractivity contribution in [2.45, 2.75) is 24.8 Å². The monoisotopic (exact) mass is 383 g/mol. The van der Waals surface area contributed by atoms with Gasteiger partial charge in [0.25, 0.3) is 0 Å². The van der Waals surface area contributed by atoms with Crippen LogP contribution in [0.15, 0.2) is 51.8 Å². The number of sulfonamides is 1. The molecule has 0 fully saturated rings. The third-order valence-electron chi connectivity index (χ3n) is 3.32. The molecule has 1 atom stereocenters. The zero-order valence-corrected chi connectivity index (χ0v) is 15.0. The van der Waals surface area contributed by atoms with Gasteiger partial charge in [0.15, 0.2) is 0 Å². The molecule has 22 heavy (non-hydrogen) atoms. The van der Waals surface area contributed by atoms with Gasteiger partial charge in [-0.3, -0.25) is 0 Å². The van der Waals surface area contributed by atoms with Gasteiger partial charge in [-0.25, -0.2) is 13.1 Å². The molecule has 0 bridgehead atoms. The normalized spacial score (nSPS) is 12.9. The van der Waals surface area contributed by atoms with Crippen molar-refractivity contribution in [3.63, 3.8) is 0 Å². The van der Waals surface area contributed by atoms with E-state index in [4.69, 9.17) is 4.74 Å². The van der Waals surface area contributed by atoms with Crippen molar-refractivity contribution in [3.8, 4) is 5.75 Å². The zero-order chi connectivity index (χ0) is 16.3. The lowest BCUT2D eigenvalue weighted by Gasteiger charge is -2.16. The molecule has 0 aliphatic carbocycles. The SMILES string of the molecule is COc1ccc(Br)cc1S(=O)(=O)N[C@@H](C)c1ccc(C)cc1. The molecule has 0 heterocycles. The van der Waals surface area contributed by atoms with Crippen molar-refractivity contribution in [1.82, 2.24) is 4.72 Å². The van der Waals surface area contributed by atoms with Crippen molar-refractivity contribution in [2.75, 3.05) is 7.11 Å². The first-order valence-electron chi connectivity index (χ1n) is 6.76. The zero-order valence-electron chi connectivity index (χ0n) is 12.6. The van der Waals surface area contributed by atoms with E-state index in [1.165, 1.54) is 13.2 Å². The summed E-state index contributed by atoms with van der Waals surface area (Å²) >= 11 is 3.29. The van der Waals surface area contributed by atoms with Crippen LogP contribution in [0.5, 0.6) is 5.75 Å². The number of aryl methyl sites for hydroxylation is 1. The van der Waals surface area contributed by atoms with E-state index in [9.17, 15) is 8.42 Å². The molecule has 0 radical (unpaired) electrons. The van der Waals surface area contributed by atoms with Gasteiger partial charge in [0, 0.05) is 10.5 Å². The van der Waals surface area contributed by atoms with Crippen molar-refractivity contribution >= 4 is 26.0 Å². The maximum atomic E-state index is 12.6. The first-order chi connectivity index (χ1) is 10.3. The number of hydrogen-bond acceptors (Lipinski definition) is 3. The van der Waals surface area contributed by atoms with Gasteiger partial charge in [-0.15, -0.1) is 0 Å². The molecule has 2 aromatic rings. The van der Waals surface area contributed by atoms with Crippen molar-refractivity contribution < 1.29 is 13.2 Å². The fourth-order valence-electron chi connectivity index (χ4n) is 2.08. The fraction of sp³-hybridized carbons (Fsp3) is 0.250. The highest BCUT2D eigenvalue weighted by molar-refractivity contribution is 9.10. The van der Waals surface area contributed by atoms with Gasteiger partial charge >= 0.3 is 0 Å². The summed E-state index contributed by atoms with van der Waals surface area (Å²) in [5, 5.41) is 0. The standard InChI is InChI=1S/C16H18BrNO3S/c1-11-4-6-13(7-5-11)12(2)18-22(19,20)16-10-14(17)8-9-15(16)21-3/h4-10,12,18H,1-3H3/t12-/m0/s1. The molecule has 1 N–H and O–H groups in total. The van der Waals surface area contributed by atoms with Gasteiger partial charge in [-0.1, -0.05) is 45.8 Å². The van der Waals surface area contributed by atoms with E-state index in [1.54, 1.807) is 12.1 Å². The van der Waals surface area contributed by atoms with Crippen LogP contribution in [0, 0.1) is 6.92 Å². The molecule has 6 heteroatoms. The summed E-state index contributed by atoms with van der Waals surface area (Å²) in [6.45, 7) is 3.80. The summed E-state index contributed by atoms with van der Waals surface area (Å²) in [6, 6.07) is 12.3. The lowest BCUT2D eigenvalue weighted by molar-refractivity contribution is 0.402. The Morgan fingerprint density at radius 3 is 2.36 bits per heavy atom. The van der Waals surface area contributed by atoms with Gasteiger partial charge in [-0.2, -0.15) is 0 Å². The maximum absolute atomic E-state index is 12.6. The van der Waals surface area contributed by atoms with E-state index in [2.05, 4.69) is 20.7 Å². The van der Waals surface area contributed by atoms with Crippen LogP contribution in [0.3, 0.4) is 0 Å². The second-order valence-corrected chi connectivity index (χ2v) is 7.65. The summed E-state index contributed by atoms with van der Waals surface area (Å²) in [5.74, 6) is 0.312. The predicted molar refractivity (Wildman–Crippen MR) is 90.6 cm³/mol. The average molecular weight is 384 g/mol. The summed E-state index contributed by atoms with van der Waals surface area (Å²) in [6.07, 6.45) is 0. The van der Waals surface area contributed by atoms with E-state index in [0.29, 0.717) is 10.2 Å². The average Bonchev–Trinajstić information content (AvgIpc) is 2.47. The molecular weight excluding hydrogens is 366 g/mol. The summed E-state index contributed by atoms with van der Waals surface area (Å²) in [4.78, 5) is 0.114. The minimum atomic E-state index is -3.69. The lowest BCUT2D eigenvalue weighted by Crippen LogP contribution is -2.27. The molecule has 0 saturated carbocycles. The molecule has 0 unspecified atom stereocenters. The Morgan fingerprint density at radius 1 is 1.14 bits per heavy atom. The molecule has 0 aliphatic heterocycles. The Kier molecular flexibility index (Phi) is 5.26. The molecule has 0 spiro atoms. The molecule has 4 nitrogen and oxygen atoms in total. The molecule has 118 valence electrons. The second-order valence-electron chi connectivity index (χ2n) is 5.05. The Morgan fingerprint density at radius 2 is 1.77 bits per heavy atom. The highest BCUT2D eigenvalue weighted by Gasteiger charge is 2.22. The Hall–Kier alpha value is -1.37. The molecule has 0 saturated heterocycles. The van der Waals surface area contributed by atoms with Crippen molar-refractivity contribution in [2.24, 2.45) is 0 Å². The van der Waals surface area contributed by atoms with Crippen LogP contribution in [0.4, 0.5) is 0 Å². The molecule has 0 amide bonds. The number of benzene rings is 2. The smallest absolute Gasteiger partial charge is 0.244 e. The van der Waals surface area contributed by atoms with Crippen LogP contribution < -0.4 is 9.46 Å². The van der Waals surface area contributed by atoms with Crippen molar-refractivity contribution in [1.29, 1.82) is 0 Å². The van der Waals surface area contributed by atoms with E-state index in [1.807, 2.05) is 38.1 Å². The first-order valence-corrected chi connectivity index (χ1v) is 9.03. The molecular formula is C16H18BrNO3S. The van der Waals surface area contributed by atoms with E-state index in [0.717, 1.165) is 11.1 Å². The number of halogens is 1. The van der Waals surface area contributed by atoms with Gasteiger partial charge < -0.3 is 4.74 Å². The number of methoxy groups -OCH3 is 1. The number of nitrogens with one attached hydrogen (secondary N) is 1. The Labute approximate surface area is 139 Å². The summed E-state index contributed by atoms with van der Waals surface area (Å²) < 4.78 is 33.7. The highest BCUT2D eigenvalue weighted by Crippen LogP contribution is 2.28. The summed E-state index contributed by atoms with van der Waals surface area (Å²) in [7, 11) is -2.24. The van der Waals surface area contributed by atoms with E-state index in [-0.39, 0.29) is 10.9 Å². The first kappa shape index (κ1) is 17.0. The largest absolute Gasteiger partial charge is 0.495 e. The van der Waals surface area contributed by atoms with Crippen LogP contribution in [0.25, 0.3) is 0 Å². The Balaban J connectivity index is 2.31. The van der Waals surface area contributed by atoms with E-state index >= 15 is 0 Å². The lowest BCUT2D eigenvalue weighted by atomic mass is 10.1. The highest BCUT2D eigenvalue weighted by atomic mass is 79.9. The maximum Gasteiger partial charge on any atom is 0.244 e. The molecule has 0 aliphatic rings. The third kappa shape index (κ3) is 3.88. The fourth-order valence-corrected chi connectivity index (χ4v) is 4.02. The van der Waals surface area contributed by atoms with E-state index < -0.39 is 10.0 Å². The quantitative estimate of drug-likeness (QED) is 0.853. The number of rotatable bonds is 5. The minimum Gasteiger partial charge on any atom is -0.495 e. The van der Waals surface area contributed by atoms with Crippen LogP contribution in [-0.2, 0) is 10.0 Å². The van der Waals surface area contributed by atoms with Gasteiger partial charge in [0.05, 0.1) is 7.11 Å². The second kappa shape index (κ2) is 6.81. The molecule has 2 aromatic carbocycles. The predicted octanol–water partition coefficient (Wildman–Crippen LogP) is 3.81. The molecule has 2 rings (SSSR count). The topological polar surface area (TPSA) is 55.4 Å². The van der Waals surface area contributed by atoms with Gasteiger partial charge in [-0.05, 0) is 37.6 Å². The number of hydrogen-bond donors (Lipinski definition) is 1. The van der Waals surface area contributed by atoms with Crippen LogP contribution in [-0.4, -0.2) is 15.5 Å². The van der Waals surface area contributed by atoms with Crippen LogP contribution in [0.1, 0.15) is 24.1 Å². The van der Waals surface area contributed by atoms with Crippen LogP contribution >= 0.6 is 15.9 Å². The van der Waals surface area contributed by atoms with Crippen molar-refractivity contribution in [3.05, 3.63) is 58.1 Å². The van der Waals surface area contributed by atoms with Gasteiger partial charge in [0.2, 0.25) is 10.0 Å². The molecule has 0 aromatic heterocycles. The minimum absolute atomic E-state index is 0.114. The van der Waals surface area contributed by atoms with Crippen LogP contribution in [0.2, 0.25) is 0 Å². The van der Waals surface area contributed by atoms with Gasteiger partial charge in [0.1, 0.15) is 10.6 Å². The number of ether oxygens (including phenoxy) is 1. The third-order valence-corrected chi connectivity index (χ3v) is 5.38. The summed E-state index contributed by atoms with van der Waals surface area (Å²) in [5.41, 5.74) is 2.04.